The number of methoxy groups -OCH3 is 1. The quantitative estimate of drug-likeness (QED) is 0.809. The lowest BCUT2D eigenvalue weighted by atomic mass is 10.2. The van der Waals surface area contributed by atoms with Crippen molar-refractivity contribution in [2.75, 3.05) is 12.4 Å². The molecule has 0 aliphatic rings. The topological polar surface area (TPSA) is 71.3 Å². The van der Waals surface area contributed by atoms with Crippen molar-refractivity contribution in [2.24, 2.45) is 0 Å². The first-order valence-corrected chi connectivity index (χ1v) is 7.14. The second-order valence-corrected chi connectivity index (χ2v) is 4.80. The van der Waals surface area contributed by atoms with Crippen molar-refractivity contribution >= 4 is 17.7 Å². The predicted octanol–water partition coefficient (Wildman–Crippen LogP) is 3.82. The molecule has 25 heavy (non-hydrogen) atoms. The maximum Gasteiger partial charge on any atom is 0.387 e. The summed E-state index contributed by atoms with van der Waals surface area (Å²) in [7, 11) is 1.33. The summed E-state index contributed by atoms with van der Waals surface area (Å²) in [4.78, 5) is 11.9. The number of ether oxygens (including phenoxy) is 2. The van der Waals surface area contributed by atoms with Gasteiger partial charge in [0.05, 0.1) is 18.7 Å². The standard InChI is InChI=1S/C18H14F2N2O3/c1-24-16-10-12(5-7-15(16)25-18(19)20)6-8-17(23)22-14-4-2-3-13(9-14)11-21/h2-10,18H,1H3,(H,22,23). The van der Waals surface area contributed by atoms with Crippen LogP contribution < -0.4 is 14.8 Å². The lowest BCUT2D eigenvalue weighted by molar-refractivity contribution is -0.111. The molecule has 0 aromatic heterocycles. The maximum atomic E-state index is 12.3. The normalized spacial score (nSPS) is 10.5. The molecule has 0 heterocycles. The Morgan fingerprint density at radius 1 is 1.24 bits per heavy atom. The number of anilines is 1. The van der Waals surface area contributed by atoms with E-state index in [2.05, 4.69) is 10.1 Å². The van der Waals surface area contributed by atoms with E-state index in [4.69, 9.17) is 10.00 Å². The summed E-state index contributed by atoms with van der Waals surface area (Å²) in [6.07, 6.45) is 2.78. The van der Waals surface area contributed by atoms with Crippen LogP contribution in [0.5, 0.6) is 11.5 Å². The van der Waals surface area contributed by atoms with Gasteiger partial charge < -0.3 is 14.8 Å². The number of nitrogens with one attached hydrogen (secondary N) is 1. The van der Waals surface area contributed by atoms with Crippen molar-refractivity contribution in [1.29, 1.82) is 5.26 Å². The van der Waals surface area contributed by atoms with Gasteiger partial charge in [-0.1, -0.05) is 12.1 Å². The van der Waals surface area contributed by atoms with E-state index < -0.39 is 12.5 Å². The van der Waals surface area contributed by atoms with Crippen LogP contribution in [-0.4, -0.2) is 19.6 Å². The van der Waals surface area contributed by atoms with Gasteiger partial charge in [0.2, 0.25) is 5.91 Å². The molecular formula is C18H14F2N2O3. The summed E-state index contributed by atoms with van der Waals surface area (Å²) in [5, 5.41) is 11.4. The van der Waals surface area contributed by atoms with Crippen LogP contribution >= 0.6 is 0 Å². The van der Waals surface area contributed by atoms with E-state index in [0.29, 0.717) is 16.8 Å². The second-order valence-electron chi connectivity index (χ2n) is 4.80. The first-order chi connectivity index (χ1) is 12.0. The number of alkyl halides is 2. The molecule has 0 unspecified atom stereocenters. The fourth-order valence-electron chi connectivity index (χ4n) is 2.00. The number of benzene rings is 2. The Kier molecular flexibility index (Phi) is 6.07. The number of nitrogens with zero attached hydrogens (tertiary/aromatic N) is 1. The van der Waals surface area contributed by atoms with Crippen molar-refractivity contribution < 1.29 is 23.0 Å². The Bertz CT molecular complexity index is 829. The van der Waals surface area contributed by atoms with Gasteiger partial charge in [0.15, 0.2) is 11.5 Å². The van der Waals surface area contributed by atoms with E-state index in [1.165, 1.54) is 37.5 Å². The van der Waals surface area contributed by atoms with Crippen molar-refractivity contribution in [2.45, 2.75) is 6.61 Å². The van der Waals surface area contributed by atoms with Crippen molar-refractivity contribution in [3.05, 3.63) is 59.7 Å². The van der Waals surface area contributed by atoms with Crippen molar-refractivity contribution in [3.63, 3.8) is 0 Å². The van der Waals surface area contributed by atoms with Crippen LogP contribution in [0, 0.1) is 11.3 Å². The van der Waals surface area contributed by atoms with Gasteiger partial charge in [0, 0.05) is 11.8 Å². The van der Waals surface area contributed by atoms with E-state index in [1.807, 2.05) is 6.07 Å². The molecule has 1 amide bonds. The Morgan fingerprint density at radius 2 is 2.04 bits per heavy atom. The van der Waals surface area contributed by atoms with Crippen LogP contribution in [0.2, 0.25) is 0 Å². The van der Waals surface area contributed by atoms with Crippen molar-refractivity contribution in [3.8, 4) is 17.6 Å². The third-order valence-electron chi connectivity index (χ3n) is 3.09. The van der Waals surface area contributed by atoms with Gasteiger partial charge in [0.1, 0.15) is 0 Å². The number of rotatable bonds is 6. The molecule has 7 heteroatoms. The molecule has 0 saturated carbocycles. The lowest BCUT2D eigenvalue weighted by Gasteiger charge is -2.10. The highest BCUT2D eigenvalue weighted by Crippen LogP contribution is 2.29. The molecule has 2 aromatic carbocycles. The molecule has 2 aromatic rings. The lowest BCUT2D eigenvalue weighted by Crippen LogP contribution is -2.07. The van der Waals surface area contributed by atoms with Gasteiger partial charge in [-0.2, -0.15) is 14.0 Å². The highest BCUT2D eigenvalue weighted by Gasteiger charge is 2.10. The predicted molar refractivity (Wildman–Crippen MR) is 88.4 cm³/mol. The summed E-state index contributed by atoms with van der Waals surface area (Å²) in [6, 6.07) is 12.8. The highest BCUT2D eigenvalue weighted by molar-refractivity contribution is 6.02. The average Bonchev–Trinajstić information content (AvgIpc) is 2.60. The molecule has 0 bridgehead atoms. The van der Waals surface area contributed by atoms with Gasteiger partial charge >= 0.3 is 6.61 Å². The number of hydrogen-bond acceptors (Lipinski definition) is 4. The van der Waals surface area contributed by atoms with Crippen molar-refractivity contribution in [1.82, 2.24) is 0 Å². The molecule has 0 fully saturated rings. The molecule has 0 atom stereocenters. The smallest absolute Gasteiger partial charge is 0.387 e. The van der Waals surface area contributed by atoms with Gasteiger partial charge in [0.25, 0.3) is 0 Å². The maximum absolute atomic E-state index is 12.3. The summed E-state index contributed by atoms with van der Waals surface area (Å²) in [6.45, 7) is -2.95. The largest absolute Gasteiger partial charge is 0.493 e. The molecule has 0 aliphatic carbocycles. The minimum absolute atomic E-state index is 0.0904. The van der Waals surface area contributed by atoms with E-state index in [1.54, 1.807) is 24.3 Å². The number of carbonyl (C=O) groups is 1. The minimum atomic E-state index is -2.95. The zero-order valence-electron chi connectivity index (χ0n) is 13.2. The molecule has 2 rings (SSSR count). The Balaban J connectivity index is 2.07. The zero-order chi connectivity index (χ0) is 18.2. The molecule has 128 valence electrons. The number of amides is 1. The first kappa shape index (κ1) is 17.9. The van der Waals surface area contributed by atoms with Crippen LogP contribution in [-0.2, 0) is 4.79 Å². The van der Waals surface area contributed by atoms with E-state index in [0.717, 1.165) is 0 Å². The molecule has 0 saturated heterocycles. The first-order valence-electron chi connectivity index (χ1n) is 7.14. The van der Waals surface area contributed by atoms with Gasteiger partial charge in [-0.25, -0.2) is 0 Å². The number of carbonyl (C=O) groups excluding carboxylic acids is 1. The molecule has 5 nitrogen and oxygen atoms in total. The Labute approximate surface area is 143 Å². The molecule has 0 spiro atoms. The summed E-state index contributed by atoms with van der Waals surface area (Å²) < 4.78 is 33.9. The van der Waals surface area contributed by atoms with Gasteiger partial charge in [-0.3, -0.25) is 4.79 Å². The number of halogens is 2. The SMILES string of the molecule is COc1cc(C=CC(=O)Nc2cccc(C#N)c2)ccc1OC(F)F. The molecule has 1 N–H and O–H groups in total. The summed E-state index contributed by atoms with van der Waals surface area (Å²) in [5.74, 6) is -0.362. The van der Waals surface area contributed by atoms with Crippen LogP contribution in [0.3, 0.4) is 0 Å². The third-order valence-corrected chi connectivity index (χ3v) is 3.09. The Morgan fingerprint density at radius 3 is 2.72 bits per heavy atom. The second kappa shape index (κ2) is 8.45. The monoisotopic (exact) mass is 344 g/mol. The molecule has 0 aliphatic heterocycles. The van der Waals surface area contributed by atoms with Crippen LogP contribution in [0.1, 0.15) is 11.1 Å². The average molecular weight is 344 g/mol. The molecule has 0 radical (unpaired) electrons. The van der Waals surface area contributed by atoms with Crippen LogP contribution in [0.25, 0.3) is 6.08 Å². The number of nitriles is 1. The summed E-state index contributed by atoms with van der Waals surface area (Å²) >= 11 is 0. The van der Waals surface area contributed by atoms with Crippen LogP contribution in [0.15, 0.2) is 48.5 Å². The Hall–Kier alpha value is -3.40. The van der Waals surface area contributed by atoms with Gasteiger partial charge in [-0.05, 0) is 42.0 Å². The fraction of sp³-hybridized carbons (Fsp3) is 0.111. The number of hydrogen-bond donors (Lipinski definition) is 1. The highest BCUT2D eigenvalue weighted by atomic mass is 19.3. The molecular weight excluding hydrogens is 330 g/mol. The van der Waals surface area contributed by atoms with E-state index in [-0.39, 0.29) is 11.5 Å². The fourth-order valence-corrected chi connectivity index (χ4v) is 2.00. The van der Waals surface area contributed by atoms with E-state index >= 15 is 0 Å². The minimum Gasteiger partial charge on any atom is -0.493 e. The third kappa shape index (κ3) is 5.32. The van der Waals surface area contributed by atoms with Gasteiger partial charge in [-0.15, -0.1) is 0 Å². The zero-order valence-corrected chi connectivity index (χ0v) is 13.2. The van der Waals surface area contributed by atoms with Crippen LogP contribution in [0.4, 0.5) is 14.5 Å². The van der Waals surface area contributed by atoms with E-state index in [9.17, 15) is 13.6 Å². The summed E-state index contributed by atoms with van der Waals surface area (Å²) in [5.41, 5.74) is 1.49.